The number of para-hydroxylation sites is 1. The van der Waals surface area contributed by atoms with Crippen LogP contribution >= 0.6 is 0 Å². The molecule has 0 fully saturated rings. The molecule has 0 aliphatic heterocycles. The highest BCUT2D eigenvalue weighted by Gasteiger charge is 2.08. The van der Waals surface area contributed by atoms with Gasteiger partial charge in [0.25, 0.3) is 0 Å². The van der Waals surface area contributed by atoms with E-state index in [-0.39, 0.29) is 12.3 Å². The maximum Gasteiger partial charge on any atom is 0.228 e. The van der Waals surface area contributed by atoms with Crippen LogP contribution in [0.3, 0.4) is 0 Å². The third-order valence-electron chi connectivity index (χ3n) is 2.92. The van der Waals surface area contributed by atoms with Crippen molar-refractivity contribution in [3.05, 3.63) is 54.1 Å². The summed E-state index contributed by atoms with van der Waals surface area (Å²) >= 11 is 0. The monoisotopic (exact) mass is 271 g/mol. The largest absolute Gasteiger partial charge is 0.497 e. The van der Waals surface area contributed by atoms with Crippen molar-refractivity contribution in [2.45, 2.75) is 6.42 Å². The standard InChI is InChI=1S/C16H17NO3/c1-19-14-9-7-13(8-10-14)17-16(18)11-12-5-3-4-6-15(12)20-2/h3-10H,11H2,1-2H3,(H,17,18). The van der Waals surface area contributed by atoms with E-state index in [4.69, 9.17) is 9.47 Å². The van der Waals surface area contributed by atoms with Crippen molar-refractivity contribution < 1.29 is 14.3 Å². The molecule has 104 valence electrons. The summed E-state index contributed by atoms with van der Waals surface area (Å²) in [4.78, 5) is 12.0. The number of nitrogens with one attached hydrogen (secondary N) is 1. The summed E-state index contributed by atoms with van der Waals surface area (Å²) < 4.78 is 10.3. The second kappa shape index (κ2) is 6.61. The molecule has 4 nitrogen and oxygen atoms in total. The maximum atomic E-state index is 12.0. The molecule has 0 unspecified atom stereocenters. The van der Waals surface area contributed by atoms with Gasteiger partial charge in [-0.2, -0.15) is 0 Å². The van der Waals surface area contributed by atoms with Crippen LogP contribution in [0.4, 0.5) is 5.69 Å². The number of methoxy groups -OCH3 is 2. The molecular formula is C16H17NO3. The van der Waals surface area contributed by atoms with Gasteiger partial charge in [0.2, 0.25) is 5.91 Å². The first-order chi connectivity index (χ1) is 9.72. The molecule has 1 amide bonds. The van der Waals surface area contributed by atoms with Gasteiger partial charge in [0.1, 0.15) is 11.5 Å². The van der Waals surface area contributed by atoms with Gasteiger partial charge >= 0.3 is 0 Å². The Labute approximate surface area is 118 Å². The summed E-state index contributed by atoms with van der Waals surface area (Å²) in [6.07, 6.45) is 0.274. The normalized spacial score (nSPS) is 9.90. The predicted molar refractivity (Wildman–Crippen MR) is 78.3 cm³/mol. The van der Waals surface area contributed by atoms with Crippen LogP contribution in [0.15, 0.2) is 48.5 Å². The smallest absolute Gasteiger partial charge is 0.228 e. The third kappa shape index (κ3) is 3.51. The molecule has 0 radical (unpaired) electrons. The first kappa shape index (κ1) is 13.9. The Kier molecular flexibility index (Phi) is 4.60. The van der Waals surface area contributed by atoms with Gasteiger partial charge in [-0.25, -0.2) is 0 Å². The van der Waals surface area contributed by atoms with Crippen molar-refractivity contribution in [3.8, 4) is 11.5 Å². The van der Waals surface area contributed by atoms with Crippen LogP contribution in [0.1, 0.15) is 5.56 Å². The Morgan fingerprint density at radius 2 is 1.70 bits per heavy atom. The number of ether oxygens (including phenoxy) is 2. The molecule has 0 aliphatic rings. The van der Waals surface area contributed by atoms with E-state index in [9.17, 15) is 4.79 Å². The summed E-state index contributed by atoms with van der Waals surface area (Å²) in [5, 5.41) is 2.84. The fourth-order valence-corrected chi connectivity index (χ4v) is 1.90. The molecular weight excluding hydrogens is 254 g/mol. The quantitative estimate of drug-likeness (QED) is 0.909. The Morgan fingerprint density at radius 1 is 1.00 bits per heavy atom. The zero-order valence-electron chi connectivity index (χ0n) is 11.6. The summed E-state index contributed by atoms with van der Waals surface area (Å²) in [6, 6.07) is 14.7. The van der Waals surface area contributed by atoms with Gasteiger partial charge in [0.15, 0.2) is 0 Å². The maximum absolute atomic E-state index is 12.0. The Balaban J connectivity index is 2.01. The lowest BCUT2D eigenvalue weighted by atomic mass is 10.1. The number of benzene rings is 2. The van der Waals surface area contributed by atoms with Gasteiger partial charge in [-0.05, 0) is 30.3 Å². The summed E-state index contributed by atoms with van der Waals surface area (Å²) in [6.45, 7) is 0. The molecule has 2 aromatic carbocycles. The van der Waals surface area contributed by atoms with E-state index < -0.39 is 0 Å². The first-order valence-corrected chi connectivity index (χ1v) is 6.28. The molecule has 0 aliphatic carbocycles. The van der Waals surface area contributed by atoms with E-state index in [2.05, 4.69) is 5.32 Å². The Morgan fingerprint density at radius 3 is 2.35 bits per heavy atom. The number of carbonyl (C=O) groups is 1. The molecule has 0 aromatic heterocycles. The van der Waals surface area contributed by atoms with Gasteiger partial charge in [-0.15, -0.1) is 0 Å². The van der Waals surface area contributed by atoms with Gasteiger partial charge in [0.05, 0.1) is 20.6 Å². The number of rotatable bonds is 5. The van der Waals surface area contributed by atoms with Crippen molar-refractivity contribution in [2.75, 3.05) is 19.5 Å². The SMILES string of the molecule is COc1ccc(NC(=O)Cc2ccccc2OC)cc1. The highest BCUT2D eigenvalue weighted by molar-refractivity contribution is 5.92. The molecule has 20 heavy (non-hydrogen) atoms. The molecule has 0 atom stereocenters. The lowest BCUT2D eigenvalue weighted by molar-refractivity contribution is -0.115. The minimum atomic E-state index is -0.0836. The molecule has 0 heterocycles. The number of hydrogen-bond acceptors (Lipinski definition) is 3. The number of amides is 1. The van der Waals surface area contributed by atoms with Crippen LogP contribution in [0.5, 0.6) is 11.5 Å². The van der Waals surface area contributed by atoms with Gasteiger partial charge in [-0.1, -0.05) is 18.2 Å². The lowest BCUT2D eigenvalue weighted by Crippen LogP contribution is -2.14. The van der Waals surface area contributed by atoms with Crippen molar-refractivity contribution in [3.63, 3.8) is 0 Å². The molecule has 2 aromatic rings. The van der Waals surface area contributed by atoms with Crippen LogP contribution in [0.2, 0.25) is 0 Å². The summed E-state index contributed by atoms with van der Waals surface area (Å²) in [5.74, 6) is 1.39. The van der Waals surface area contributed by atoms with Crippen LogP contribution in [-0.2, 0) is 11.2 Å². The molecule has 0 spiro atoms. The van der Waals surface area contributed by atoms with Crippen molar-refractivity contribution in [2.24, 2.45) is 0 Å². The van der Waals surface area contributed by atoms with Crippen molar-refractivity contribution in [1.82, 2.24) is 0 Å². The predicted octanol–water partition coefficient (Wildman–Crippen LogP) is 2.89. The molecule has 1 N–H and O–H groups in total. The fraction of sp³-hybridized carbons (Fsp3) is 0.188. The Bertz CT molecular complexity index is 579. The van der Waals surface area contributed by atoms with E-state index in [1.165, 1.54) is 0 Å². The third-order valence-corrected chi connectivity index (χ3v) is 2.92. The minimum absolute atomic E-state index is 0.0836. The van der Waals surface area contributed by atoms with E-state index in [0.29, 0.717) is 0 Å². The molecule has 0 saturated heterocycles. The van der Waals surface area contributed by atoms with E-state index >= 15 is 0 Å². The van der Waals surface area contributed by atoms with E-state index in [1.54, 1.807) is 38.5 Å². The van der Waals surface area contributed by atoms with E-state index in [0.717, 1.165) is 22.7 Å². The summed E-state index contributed by atoms with van der Waals surface area (Å²) in [7, 11) is 3.20. The number of carbonyl (C=O) groups excluding carboxylic acids is 1. The zero-order chi connectivity index (χ0) is 14.4. The zero-order valence-corrected chi connectivity index (χ0v) is 11.6. The van der Waals surface area contributed by atoms with Crippen LogP contribution < -0.4 is 14.8 Å². The first-order valence-electron chi connectivity index (χ1n) is 6.28. The summed E-state index contributed by atoms with van der Waals surface area (Å²) in [5.41, 5.74) is 1.60. The Hall–Kier alpha value is -2.49. The number of anilines is 1. The average Bonchev–Trinajstić information content (AvgIpc) is 2.48. The van der Waals surface area contributed by atoms with Crippen molar-refractivity contribution in [1.29, 1.82) is 0 Å². The second-order valence-electron chi connectivity index (χ2n) is 4.27. The minimum Gasteiger partial charge on any atom is -0.497 e. The highest BCUT2D eigenvalue weighted by atomic mass is 16.5. The molecule has 2 rings (SSSR count). The lowest BCUT2D eigenvalue weighted by Gasteiger charge is -2.09. The molecule has 4 heteroatoms. The van der Waals surface area contributed by atoms with Crippen LogP contribution in [0.25, 0.3) is 0 Å². The molecule has 0 bridgehead atoms. The molecule has 0 saturated carbocycles. The second-order valence-corrected chi connectivity index (χ2v) is 4.27. The van der Waals surface area contributed by atoms with Crippen LogP contribution in [0, 0.1) is 0 Å². The topological polar surface area (TPSA) is 47.6 Å². The number of hydrogen-bond donors (Lipinski definition) is 1. The fourth-order valence-electron chi connectivity index (χ4n) is 1.90. The van der Waals surface area contributed by atoms with Gasteiger partial charge < -0.3 is 14.8 Å². The highest BCUT2D eigenvalue weighted by Crippen LogP contribution is 2.19. The van der Waals surface area contributed by atoms with Gasteiger partial charge in [0, 0.05) is 11.3 Å². The average molecular weight is 271 g/mol. The van der Waals surface area contributed by atoms with Crippen molar-refractivity contribution >= 4 is 11.6 Å². The van der Waals surface area contributed by atoms with Crippen LogP contribution in [-0.4, -0.2) is 20.1 Å². The van der Waals surface area contributed by atoms with E-state index in [1.807, 2.05) is 24.3 Å². The van der Waals surface area contributed by atoms with Gasteiger partial charge in [-0.3, -0.25) is 4.79 Å².